The van der Waals surface area contributed by atoms with E-state index >= 15 is 0 Å². The SMILES string of the molecule is CC(C)(C)c1ccc(NC(=O)c2cccnc2NC2C=Cc3cnccc3N2)cc1. The molecule has 4 rings (SSSR count). The van der Waals surface area contributed by atoms with Crippen molar-refractivity contribution in [2.24, 2.45) is 0 Å². The van der Waals surface area contributed by atoms with Gasteiger partial charge in [-0.25, -0.2) is 4.98 Å². The molecule has 3 aromatic rings. The van der Waals surface area contributed by atoms with Gasteiger partial charge in [0.25, 0.3) is 5.91 Å². The van der Waals surface area contributed by atoms with E-state index < -0.39 is 0 Å². The fourth-order valence-electron chi connectivity index (χ4n) is 3.27. The van der Waals surface area contributed by atoms with Crippen molar-refractivity contribution in [2.45, 2.75) is 32.4 Å². The number of amides is 1. The summed E-state index contributed by atoms with van der Waals surface area (Å²) >= 11 is 0. The minimum Gasteiger partial charge on any atom is -0.361 e. The van der Waals surface area contributed by atoms with Crippen LogP contribution >= 0.6 is 0 Å². The largest absolute Gasteiger partial charge is 0.361 e. The minimum absolute atomic E-state index is 0.0676. The number of nitrogens with zero attached hydrogens (tertiary/aromatic N) is 2. The number of hydrogen-bond acceptors (Lipinski definition) is 5. The van der Waals surface area contributed by atoms with Gasteiger partial charge < -0.3 is 16.0 Å². The Kier molecular flexibility index (Phi) is 5.23. The summed E-state index contributed by atoms with van der Waals surface area (Å²) in [5.74, 6) is 0.305. The Morgan fingerprint density at radius 3 is 2.63 bits per heavy atom. The fourth-order valence-corrected chi connectivity index (χ4v) is 3.27. The molecule has 30 heavy (non-hydrogen) atoms. The van der Waals surface area contributed by atoms with Crippen LogP contribution in [0.15, 0.2) is 67.1 Å². The third-order valence-electron chi connectivity index (χ3n) is 4.98. The molecule has 6 heteroatoms. The van der Waals surface area contributed by atoms with E-state index in [9.17, 15) is 4.79 Å². The van der Waals surface area contributed by atoms with Crippen molar-refractivity contribution >= 4 is 29.2 Å². The van der Waals surface area contributed by atoms with E-state index in [1.807, 2.05) is 42.5 Å². The average Bonchev–Trinajstić information content (AvgIpc) is 2.74. The summed E-state index contributed by atoms with van der Waals surface area (Å²) in [6.07, 6.45) is 9.00. The van der Waals surface area contributed by atoms with Crippen LogP contribution < -0.4 is 16.0 Å². The van der Waals surface area contributed by atoms with E-state index in [-0.39, 0.29) is 17.5 Å². The topological polar surface area (TPSA) is 78.9 Å². The molecule has 152 valence electrons. The first-order valence-corrected chi connectivity index (χ1v) is 9.92. The number of fused-ring (bicyclic) bond motifs is 1. The number of rotatable bonds is 4. The van der Waals surface area contributed by atoms with Crippen LogP contribution in [0.4, 0.5) is 17.2 Å². The number of pyridine rings is 2. The van der Waals surface area contributed by atoms with E-state index in [2.05, 4.69) is 46.7 Å². The highest BCUT2D eigenvalue weighted by atomic mass is 16.1. The fraction of sp³-hybridized carbons (Fsp3) is 0.208. The molecule has 2 aromatic heterocycles. The maximum Gasteiger partial charge on any atom is 0.259 e. The summed E-state index contributed by atoms with van der Waals surface area (Å²) in [5.41, 5.74) is 4.51. The highest BCUT2D eigenvalue weighted by Crippen LogP contribution is 2.25. The van der Waals surface area contributed by atoms with Crippen molar-refractivity contribution in [3.8, 4) is 0 Å². The first-order chi connectivity index (χ1) is 14.4. The number of carbonyl (C=O) groups is 1. The Morgan fingerprint density at radius 2 is 1.87 bits per heavy atom. The molecule has 1 atom stereocenters. The van der Waals surface area contributed by atoms with Gasteiger partial charge >= 0.3 is 0 Å². The van der Waals surface area contributed by atoms with Gasteiger partial charge in [0.05, 0.1) is 5.56 Å². The molecule has 0 radical (unpaired) electrons. The molecule has 6 nitrogen and oxygen atoms in total. The number of nitrogens with one attached hydrogen (secondary N) is 3. The Balaban J connectivity index is 1.49. The Bertz CT molecular complexity index is 1080. The van der Waals surface area contributed by atoms with Gasteiger partial charge in [-0.2, -0.15) is 0 Å². The second-order valence-electron chi connectivity index (χ2n) is 8.27. The van der Waals surface area contributed by atoms with Crippen LogP contribution in [-0.2, 0) is 5.41 Å². The van der Waals surface area contributed by atoms with Gasteiger partial charge in [0.1, 0.15) is 12.0 Å². The molecule has 3 heterocycles. The highest BCUT2D eigenvalue weighted by molar-refractivity contribution is 6.07. The molecule has 1 amide bonds. The van der Waals surface area contributed by atoms with Crippen molar-refractivity contribution in [3.63, 3.8) is 0 Å². The summed E-state index contributed by atoms with van der Waals surface area (Å²) < 4.78 is 0. The number of aromatic nitrogens is 2. The lowest BCUT2D eigenvalue weighted by molar-refractivity contribution is 0.102. The Labute approximate surface area is 176 Å². The summed E-state index contributed by atoms with van der Waals surface area (Å²) in [4.78, 5) is 21.4. The van der Waals surface area contributed by atoms with E-state index in [1.165, 1.54) is 5.56 Å². The molecule has 1 aromatic carbocycles. The minimum atomic E-state index is -0.210. The lowest BCUT2D eigenvalue weighted by atomic mass is 9.87. The second-order valence-corrected chi connectivity index (χ2v) is 8.27. The Morgan fingerprint density at radius 1 is 1.07 bits per heavy atom. The molecule has 1 aliphatic rings. The van der Waals surface area contributed by atoms with Crippen LogP contribution in [0.3, 0.4) is 0 Å². The number of anilines is 3. The molecular weight excluding hydrogens is 374 g/mol. The predicted molar refractivity (Wildman–Crippen MR) is 122 cm³/mol. The highest BCUT2D eigenvalue weighted by Gasteiger charge is 2.18. The third-order valence-corrected chi connectivity index (χ3v) is 4.98. The third kappa shape index (κ3) is 4.33. The smallest absolute Gasteiger partial charge is 0.259 e. The molecule has 3 N–H and O–H groups in total. The number of carbonyl (C=O) groups excluding carboxylic acids is 1. The molecule has 0 saturated heterocycles. The van der Waals surface area contributed by atoms with E-state index in [1.54, 1.807) is 30.7 Å². The monoisotopic (exact) mass is 399 g/mol. The van der Waals surface area contributed by atoms with Gasteiger partial charge in [-0.15, -0.1) is 0 Å². The van der Waals surface area contributed by atoms with Crippen LogP contribution in [0, 0.1) is 0 Å². The Hall–Kier alpha value is -3.67. The van der Waals surface area contributed by atoms with Crippen LogP contribution in [0.1, 0.15) is 42.3 Å². The zero-order chi connectivity index (χ0) is 21.1. The summed E-state index contributed by atoms with van der Waals surface area (Å²) in [7, 11) is 0. The summed E-state index contributed by atoms with van der Waals surface area (Å²) in [6, 6.07) is 13.4. The zero-order valence-electron chi connectivity index (χ0n) is 17.3. The van der Waals surface area contributed by atoms with Crippen LogP contribution in [-0.4, -0.2) is 22.0 Å². The molecule has 0 spiro atoms. The molecule has 0 aliphatic carbocycles. The van der Waals surface area contributed by atoms with Gasteiger partial charge in [-0.05, 0) is 47.4 Å². The molecule has 0 saturated carbocycles. The molecule has 1 unspecified atom stereocenters. The normalized spacial score (nSPS) is 15.1. The lowest BCUT2D eigenvalue weighted by Crippen LogP contribution is -2.30. The average molecular weight is 399 g/mol. The maximum atomic E-state index is 12.9. The predicted octanol–water partition coefficient (Wildman–Crippen LogP) is 4.90. The maximum absolute atomic E-state index is 12.9. The van der Waals surface area contributed by atoms with Crippen molar-refractivity contribution in [2.75, 3.05) is 16.0 Å². The van der Waals surface area contributed by atoms with Crippen LogP contribution in [0.2, 0.25) is 0 Å². The van der Waals surface area contributed by atoms with Gasteiger partial charge in [-0.1, -0.05) is 39.0 Å². The van der Waals surface area contributed by atoms with Gasteiger partial charge in [-0.3, -0.25) is 9.78 Å². The summed E-state index contributed by atoms with van der Waals surface area (Å²) in [5, 5.41) is 9.63. The first kappa shape index (κ1) is 19.6. The number of hydrogen-bond donors (Lipinski definition) is 3. The van der Waals surface area contributed by atoms with Crippen LogP contribution in [0.25, 0.3) is 6.08 Å². The van der Waals surface area contributed by atoms with Gasteiger partial charge in [0, 0.05) is 35.5 Å². The zero-order valence-corrected chi connectivity index (χ0v) is 17.3. The molecular formula is C24H25N5O. The van der Waals surface area contributed by atoms with Crippen molar-refractivity contribution in [1.29, 1.82) is 0 Å². The van der Waals surface area contributed by atoms with Crippen molar-refractivity contribution in [3.05, 3.63) is 83.8 Å². The molecule has 1 aliphatic heterocycles. The van der Waals surface area contributed by atoms with Crippen LogP contribution in [0.5, 0.6) is 0 Å². The standard InChI is InChI=1S/C24H25N5O/c1-24(2,3)17-7-9-18(10-8-17)27-23(30)19-5-4-13-26-22(19)29-21-11-6-16-15-25-14-12-20(16)28-21/h4-15,21,28H,1-3H3,(H,26,29)(H,27,30). The quantitative estimate of drug-likeness (QED) is 0.581. The van der Waals surface area contributed by atoms with E-state index in [0.29, 0.717) is 11.4 Å². The molecule has 0 fully saturated rings. The van der Waals surface area contributed by atoms with Crippen molar-refractivity contribution in [1.82, 2.24) is 9.97 Å². The lowest BCUT2D eigenvalue weighted by Gasteiger charge is -2.24. The summed E-state index contributed by atoms with van der Waals surface area (Å²) in [6.45, 7) is 6.49. The van der Waals surface area contributed by atoms with Gasteiger partial charge in [0.2, 0.25) is 0 Å². The molecule has 0 bridgehead atoms. The first-order valence-electron chi connectivity index (χ1n) is 9.92. The number of benzene rings is 1. The second kappa shape index (κ2) is 7.99. The van der Waals surface area contributed by atoms with E-state index in [0.717, 1.165) is 16.9 Å². The van der Waals surface area contributed by atoms with Crippen molar-refractivity contribution < 1.29 is 4.79 Å². The van der Waals surface area contributed by atoms with Gasteiger partial charge in [0.15, 0.2) is 0 Å². The van der Waals surface area contributed by atoms with E-state index in [4.69, 9.17) is 0 Å².